The first-order chi connectivity index (χ1) is 13.8. The Bertz CT molecular complexity index is 792. The van der Waals surface area contributed by atoms with Crippen LogP contribution in [0.1, 0.15) is 31.2 Å². The Balaban J connectivity index is 2.58. The highest BCUT2D eigenvalue weighted by Crippen LogP contribution is 2.34. The van der Waals surface area contributed by atoms with Crippen molar-refractivity contribution in [2.75, 3.05) is 24.2 Å². The van der Waals surface area contributed by atoms with E-state index in [-0.39, 0.29) is 31.2 Å². The smallest absolute Gasteiger partial charge is 0.423 e. The highest BCUT2D eigenvalue weighted by molar-refractivity contribution is 9.09. The zero-order valence-electron chi connectivity index (χ0n) is 16.2. The van der Waals surface area contributed by atoms with E-state index in [1.807, 2.05) is 0 Å². The highest BCUT2D eigenvalue weighted by Gasteiger charge is 2.53. The molecular weight excluding hydrogens is 462 g/mol. The summed E-state index contributed by atoms with van der Waals surface area (Å²) >= 11 is 3.25. The summed E-state index contributed by atoms with van der Waals surface area (Å²) in [5.41, 5.74) is 4.67. The third-order valence-electron chi connectivity index (χ3n) is 5.23. The molecule has 1 heterocycles. The molecule has 1 saturated heterocycles. The fraction of sp³-hybridized carbons (Fsp3) is 0.579. The minimum absolute atomic E-state index is 0.0716. The second-order valence-electron chi connectivity index (χ2n) is 7.14. The maximum Gasteiger partial charge on any atom is 0.423 e. The van der Waals surface area contributed by atoms with Crippen LogP contribution >= 0.6 is 15.9 Å². The molecule has 0 bridgehead atoms. The van der Waals surface area contributed by atoms with Crippen LogP contribution < -0.4 is 5.73 Å². The average Bonchev–Trinajstić information content (AvgIpc) is 3.17. The quantitative estimate of drug-likeness (QED) is 0.277. The zero-order valence-corrected chi connectivity index (χ0v) is 18.6. The Hall–Kier alpha value is -1.49. The van der Waals surface area contributed by atoms with Crippen LogP contribution in [-0.4, -0.2) is 71.0 Å². The normalized spacial score (nSPS) is 19.6. The molecule has 29 heavy (non-hydrogen) atoms. The zero-order chi connectivity index (χ0) is 21.5. The Kier molecular flexibility index (Phi) is 8.62. The lowest BCUT2D eigenvalue weighted by molar-refractivity contribution is -0.126. The lowest BCUT2D eigenvalue weighted by Gasteiger charge is -2.46. The van der Waals surface area contributed by atoms with E-state index < -0.39 is 21.8 Å². The molecule has 0 spiro atoms. The van der Waals surface area contributed by atoms with Crippen LogP contribution in [0.25, 0.3) is 0 Å². The topological polar surface area (TPSA) is 121 Å². The van der Waals surface area contributed by atoms with Gasteiger partial charge in [-0.15, -0.1) is 0 Å². The lowest BCUT2D eigenvalue weighted by atomic mass is 9.97. The summed E-state index contributed by atoms with van der Waals surface area (Å²) in [6, 6.07) is 8.57. The van der Waals surface area contributed by atoms with Gasteiger partial charge in [0.25, 0.3) is 0 Å². The number of sulfonamides is 1. The predicted molar refractivity (Wildman–Crippen MR) is 114 cm³/mol. The van der Waals surface area contributed by atoms with Crippen molar-refractivity contribution in [2.24, 2.45) is 5.73 Å². The molecule has 0 radical (unpaired) electrons. The Morgan fingerprint density at radius 2 is 2.03 bits per heavy atom. The van der Waals surface area contributed by atoms with E-state index in [1.54, 1.807) is 35.2 Å². The second kappa shape index (κ2) is 10.5. The van der Waals surface area contributed by atoms with Gasteiger partial charge in [0, 0.05) is 30.9 Å². The molecule has 10 heteroatoms. The Morgan fingerprint density at radius 1 is 1.34 bits per heavy atom. The molecule has 1 aromatic rings. The number of carbonyl (C=O) groups is 2. The van der Waals surface area contributed by atoms with Crippen LogP contribution in [0.15, 0.2) is 30.3 Å². The maximum atomic E-state index is 13.1. The Labute approximate surface area is 180 Å². The molecule has 1 aliphatic heterocycles. The van der Waals surface area contributed by atoms with E-state index in [0.717, 1.165) is 0 Å². The molecule has 2 atom stereocenters. The number of hydrogen-bond donors (Lipinski definition) is 2. The summed E-state index contributed by atoms with van der Waals surface area (Å²) in [6.07, 6.45) is 0.991. The number of unbranched alkanes of at least 4 members (excludes halogenated alkanes) is 1. The number of hydrogen-bond acceptors (Lipinski definition) is 6. The van der Waals surface area contributed by atoms with Gasteiger partial charge in [-0.05, 0) is 31.2 Å². The number of carboxylic acid groups (broad SMARTS) is 1. The molecule has 2 rings (SSSR count). The van der Waals surface area contributed by atoms with Gasteiger partial charge in [-0.2, -0.15) is 4.31 Å². The molecular formula is C19H28BrN3O5S. The van der Waals surface area contributed by atoms with E-state index in [9.17, 15) is 23.1 Å². The number of alkyl halides is 1. The number of halogens is 1. The summed E-state index contributed by atoms with van der Waals surface area (Å²) in [7, 11) is -4.25. The summed E-state index contributed by atoms with van der Waals surface area (Å²) in [4.78, 5) is 26.4. The monoisotopic (exact) mass is 489 g/mol. The predicted octanol–water partition coefficient (Wildman–Crippen LogP) is 2.03. The van der Waals surface area contributed by atoms with E-state index in [0.29, 0.717) is 47.3 Å². The summed E-state index contributed by atoms with van der Waals surface area (Å²) in [5, 5.41) is 10.6. The van der Waals surface area contributed by atoms with Gasteiger partial charge in [0.1, 0.15) is 0 Å². The summed E-state index contributed by atoms with van der Waals surface area (Å²) in [5.74, 6) is -0.351. The molecule has 3 N–H and O–H groups in total. The molecule has 2 unspecified atom stereocenters. The van der Waals surface area contributed by atoms with Crippen molar-refractivity contribution in [3.63, 3.8) is 0 Å². The molecule has 0 aromatic heterocycles. The van der Waals surface area contributed by atoms with Crippen molar-refractivity contribution in [3.05, 3.63) is 35.9 Å². The van der Waals surface area contributed by atoms with Gasteiger partial charge in [0.2, 0.25) is 10.0 Å². The summed E-state index contributed by atoms with van der Waals surface area (Å²) in [6.45, 7) is 0.607. The SMILES string of the molecule is NCC1CCCN1C(C=O)(Cc1ccccc1)N(C(=O)O)S(=O)(=O)CCCCBr. The van der Waals surface area contributed by atoms with Crippen LogP contribution in [0, 0.1) is 0 Å². The fourth-order valence-electron chi connectivity index (χ4n) is 3.93. The van der Waals surface area contributed by atoms with Crippen LogP contribution in [0.3, 0.4) is 0 Å². The first-order valence-electron chi connectivity index (χ1n) is 9.61. The van der Waals surface area contributed by atoms with Gasteiger partial charge in [-0.25, -0.2) is 13.2 Å². The summed E-state index contributed by atoms with van der Waals surface area (Å²) < 4.78 is 26.6. The van der Waals surface area contributed by atoms with Crippen LogP contribution in [0.4, 0.5) is 4.79 Å². The highest BCUT2D eigenvalue weighted by atomic mass is 79.9. The molecule has 0 saturated carbocycles. The number of nitrogens with two attached hydrogens (primary N) is 1. The van der Waals surface area contributed by atoms with Gasteiger partial charge in [-0.3, -0.25) is 9.69 Å². The third-order valence-corrected chi connectivity index (χ3v) is 7.63. The molecule has 8 nitrogen and oxygen atoms in total. The van der Waals surface area contributed by atoms with Gasteiger partial charge < -0.3 is 10.8 Å². The second-order valence-corrected chi connectivity index (χ2v) is 9.87. The number of rotatable bonds is 11. The van der Waals surface area contributed by atoms with Gasteiger partial charge in [0.05, 0.1) is 5.75 Å². The van der Waals surface area contributed by atoms with Crippen molar-refractivity contribution in [3.8, 4) is 0 Å². The lowest BCUT2D eigenvalue weighted by Crippen LogP contribution is -2.68. The third kappa shape index (κ3) is 5.36. The Morgan fingerprint density at radius 3 is 2.59 bits per heavy atom. The van der Waals surface area contributed by atoms with Crippen molar-refractivity contribution < 1.29 is 23.1 Å². The van der Waals surface area contributed by atoms with Crippen LogP contribution in [-0.2, 0) is 21.2 Å². The average molecular weight is 490 g/mol. The molecule has 1 fully saturated rings. The minimum Gasteiger partial charge on any atom is -0.464 e. The van der Waals surface area contributed by atoms with E-state index in [4.69, 9.17) is 5.73 Å². The number of likely N-dealkylation sites (tertiary alicyclic amines) is 1. The molecule has 0 aliphatic carbocycles. The molecule has 1 amide bonds. The molecule has 1 aliphatic rings. The standard InChI is InChI=1S/C19H28BrN3O5S/c20-10-4-5-12-29(27,28)23(18(25)26)19(15-24,13-16-7-2-1-3-8-16)22-11-6-9-17(22)14-21/h1-3,7-8,15,17H,4-6,9-14,21H2,(H,25,26). The number of carbonyl (C=O) groups excluding carboxylic acids is 1. The number of nitrogens with zero attached hydrogens (tertiary/aromatic N) is 2. The maximum absolute atomic E-state index is 13.1. The van der Waals surface area contributed by atoms with Gasteiger partial charge in [0.15, 0.2) is 11.9 Å². The van der Waals surface area contributed by atoms with Crippen molar-refractivity contribution in [1.82, 2.24) is 9.21 Å². The van der Waals surface area contributed by atoms with Crippen molar-refractivity contribution >= 4 is 38.3 Å². The first-order valence-corrected chi connectivity index (χ1v) is 12.3. The first kappa shape index (κ1) is 23.8. The van der Waals surface area contributed by atoms with Crippen molar-refractivity contribution in [2.45, 2.75) is 43.8 Å². The van der Waals surface area contributed by atoms with Crippen LogP contribution in [0.5, 0.6) is 0 Å². The van der Waals surface area contributed by atoms with Gasteiger partial charge in [-0.1, -0.05) is 46.3 Å². The molecule has 162 valence electrons. The van der Waals surface area contributed by atoms with E-state index in [2.05, 4.69) is 15.9 Å². The molecule has 1 aromatic carbocycles. The largest absolute Gasteiger partial charge is 0.464 e. The van der Waals surface area contributed by atoms with Crippen molar-refractivity contribution in [1.29, 1.82) is 0 Å². The minimum atomic E-state index is -4.25. The number of amides is 1. The number of benzene rings is 1. The van der Waals surface area contributed by atoms with Gasteiger partial charge >= 0.3 is 6.09 Å². The van der Waals surface area contributed by atoms with Crippen LogP contribution in [0.2, 0.25) is 0 Å². The van der Waals surface area contributed by atoms with E-state index in [1.165, 1.54) is 0 Å². The van der Waals surface area contributed by atoms with E-state index >= 15 is 0 Å². The fourth-order valence-corrected chi connectivity index (χ4v) is 6.01. The number of aldehydes is 1.